The fraction of sp³-hybridized carbons (Fsp3) is 0.500. The van der Waals surface area contributed by atoms with Gasteiger partial charge in [0.1, 0.15) is 0 Å². The summed E-state index contributed by atoms with van der Waals surface area (Å²) in [5.41, 5.74) is 6.14. The number of rotatable bonds is 2. The Labute approximate surface area is 126 Å². The molecule has 0 spiro atoms. The first-order chi connectivity index (χ1) is 8.27. The van der Waals surface area contributed by atoms with Gasteiger partial charge in [-0.1, -0.05) is 0 Å². The monoisotopic (exact) mass is 520 g/mol. The second-order valence-corrected chi connectivity index (χ2v) is 10.00. The van der Waals surface area contributed by atoms with Gasteiger partial charge in [-0.05, 0) is 0 Å². The van der Waals surface area contributed by atoms with E-state index in [0.29, 0.717) is 21.0 Å². The molecular weight excluding hydrogens is 503 g/mol. The van der Waals surface area contributed by atoms with Crippen molar-refractivity contribution in [2.24, 2.45) is 5.73 Å². The van der Waals surface area contributed by atoms with Crippen LogP contribution in [0.1, 0.15) is 25.7 Å². The zero-order valence-corrected chi connectivity index (χ0v) is 14.9. The maximum atomic E-state index is 6.14. The molecule has 0 aromatic heterocycles. The summed E-state index contributed by atoms with van der Waals surface area (Å²) in [6.45, 7) is 0. The summed E-state index contributed by atoms with van der Waals surface area (Å²) in [7, 11) is 9.75. The van der Waals surface area contributed by atoms with Gasteiger partial charge in [-0.2, -0.15) is 0 Å². The van der Waals surface area contributed by atoms with E-state index in [9.17, 15) is 0 Å². The van der Waals surface area contributed by atoms with Gasteiger partial charge in [0.05, 0.1) is 0 Å². The summed E-state index contributed by atoms with van der Waals surface area (Å²) >= 11 is 0.112. The molecule has 1 aliphatic rings. The number of nitrogens with two attached hydrogens (primary N) is 1. The van der Waals surface area contributed by atoms with Gasteiger partial charge in [0.25, 0.3) is 0 Å². The normalized spacial score (nSPS) is 23.9. The Morgan fingerprint density at radius 1 is 1.12 bits per heavy atom. The van der Waals surface area contributed by atoms with Crippen molar-refractivity contribution in [2.75, 3.05) is 0 Å². The Morgan fingerprint density at radius 2 is 1.71 bits per heavy atom. The topological polar surface area (TPSA) is 26.0 Å². The molecule has 0 saturated heterocycles. The maximum absolute atomic E-state index is 6.14. The Bertz CT molecular complexity index is 300. The van der Waals surface area contributed by atoms with Crippen molar-refractivity contribution in [3.8, 4) is 0 Å². The molecule has 2 rings (SSSR count). The molecule has 5 heteroatoms. The van der Waals surface area contributed by atoms with Crippen LogP contribution in [0.4, 0.5) is 0 Å². The van der Waals surface area contributed by atoms with Crippen molar-refractivity contribution in [3.05, 3.63) is 30.3 Å². The molecule has 1 saturated carbocycles. The van der Waals surface area contributed by atoms with Crippen LogP contribution in [0.25, 0.3) is 0 Å². The summed E-state index contributed by atoms with van der Waals surface area (Å²) < 4.78 is 1.50. The van der Waals surface area contributed by atoms with Crippen LogP contribution >= 0.6 is 18.8 Å². The van der Waals surface area contributed by atoms with E-state index < -0.39 is 16.5 Å². The van der Waals surface area contributed by atoms with Gasteiger partial charge in [0.15, 0.2) is 0 Å². The molecule has 1 aromatic carbocycles. The summed E-state index contributed by atoms with van der Waals surface area (Å²) in [4.78, 5) is 0.777. The zero-order chi connectivity index (χ0) is 12.5. The molecule has 1 aliphatic carbocycles. The molecule has 100 valence electrons. The van der Waals surface area contributed by atoms with Crippen LogP contribution in [0.15, 0.2) is 30.3 Å². The van der Waals surface area contributed by atoms with Gasteiger partial charge in [-0.25, -0.2) is 0 Å². The minimum absolute atomic E-state index is 0.462. The van der Waals surface area contributed by atoms with Crippen LogP contribution < -0.4 is 10.2 Å². The van der Waals surface area contributed by atoms with Crippen molar-refractivity contribution in [3.63, 3.8) is 0 Å². The summed E-state index contributed by atoms with van der Waals surface area (Å²) in [5.74, 6) is 0. The van der Waals surface area contributed by atoms with Crippen molar-refractivity contribution in [2.45, 2.75) is 36.5 Å². The van der Waals surface area contributed by atoms with Crippen LogP contribution in [0, 0.1) is 0 Å². The number of halogens is 2. The molecule has 0 amide bonds. The predicted molar refractivity (Wildman–Crippen MR) is 73.7 cm³/mol. The van der Waals surface area contributed by atoms with Gasteiger partial charge in [0.2, 0.25) is 0 Å². The van der Waals surface area contributed by atoms with Crippen molar-refractivity contribution in [1.29, 1.82) is 0 Å². The molecule has 17 heavy (non-hydrogen) atoms. The van der Waals surface area contributed by atoms with Crippen LogP contribution in [0.3, 0.4) is 0 Å². The average Bonchev–Trinajstić information content (AvgIpc) is 2.35. The van der Waals surface area contributed by atoms with Gasteiger partial charge in [-0.3, -0.25) is 0 Å². The van der Waals surface area contributed by atoms with Crippen LogP contribution in [0.2, 0.25) is 4.82 Å². The Hall–Kier alpha value is 0.968. The summed E-state index contributed by atoms with van der Waals surface area (Å²) in [6, 6.07) is 11.3. The van der Waals surface area contributed by atoms with Crippen molar-refractivity contribution < 1.29 is 16.5 Å². The second kappa shape index (κ2) is 9.84. The molecule has 0 radical (unpaired) electrons. The van der Waals surface area contributed by atoms with E-state index >= 15 is 0 Å². The minimum atomic E-state index is -0.472. The first-order valence-corrected chi connectivity index (χ1v) is 13.0. The van der Waals surface area contributed by atoms with Gasteiger partial charge in [-0.15, -0.1) is 0 Å². The van der Waals surface area contributed by atoms with E-state index in [1.807, 2.05) is 0 Å². The molecule has 1 nitrogen and oxygen atoms in total. The zero-order valence-electron chi connectivity index (χ0n) is 9.43. The molecule has 2 unspecified atom stereocenters. The van der Waals surface area contributed by atoms with Gasteiger partial charge in [0, 0.05) is 0 Å². The Kier molecular flexibility index (Phi) is 9.28. The van der Waals surface area contributed by atoms with Gasteiger partial charge < -0.3 is 0 Å². The van der Waals surface area contributed by atoms with E-state index in [1.165, 1.54) is 30.1 Å². The summed E-state index contributed by atoms with van der Waals surface area (Å²) in [6.07, 6.45) is 5.30. The Morgan fingerprint density at radius 3 is 2.29 bits per heavy atom. The third kappa shape index (κ3) is 6.62. The van der Waals surface area contributed by atoms with E-state index in [2.05, 4.69) is 30.3 Å². The average molecular weight is 520 g/mol. The second-order valence-electron chi connectivity index (χ2n) is 3.96. The summed E-state index contributed by atoms with van der Waals surface area (Å²) in [5, 5.41) is 0. The standard InChI is InChI=1S/C12H17NSe.2ClH.Pt/c13-11-8-4-5-9-12(11)14-10-6-2-1-3-7-10;;;/h1-3,6-7,11-12H,4-5,8-9,13H2;2*1H;/q;;;+2/p-2. The first-order valence-electron chi connectivity index (χ1n) is 5.57. The molecule has 1 aromatic rings. The molecule has 0 aliphatic heterocycles. The van der Waals surface area contributed by atoms with E-state index in [-0.39, 0.29) is 0 Å². The number of hydrogen-bond donors (Lipinski definition) is 1. The SMILES string of the molecule is NC1CCCCC1[Se]c1ccccc1.[Cl][Pt][Cl]. The van der Waals surface area contributed by atoms with Gasteiger partial charge >= 0.3 is 127 Å². The van der Waals surface area contributed by atoms with Crippen LogP contribution in [-0.4, -0.2) is 21.0 Å². The third-order valence-electron chi connectivity index (χ3n) is 2.78. The van der Waals surface area contributed by atoms with Crippen LogP contribution in [0.5, 0.6) is 0 Å². The number of benzene rings is 1. The molecule has 0 heterocycles. The quantitative estimate of drug-likeness (QED) is 0.597. The van der Waals surface area contributed by atoms with Crippen molar-refractivity contribution >= 4 is 38.3 Å². The molecule has 2 atom stereocenters. The van der Waals surface area contributed by atoms with Crippen LogP contribution in [-0.2, 0) is 16.5 Å². The van der Waals surface area contributed by atoms with E-state index in [1.54, 1.807) is 0 Å². The fourth-order valence-electron chi connectivity index (χ4n) is 1.95. The first kappa shape index (κ1) is 16.0. The number of hydrogen-bond acceptors (Lipinski definition) is 1. The molecule has 2 N–H and O–H groups in total. The molecule has 0 bridgehead atoms. The fourth-order valence-corrected chi connectivity index (χ4v) is 4.59. The van der Waals surface area contributed by atoms with Crippen molar-refractivity contribution in [1.82, 2.24) is 0 Å². The Balaban J connectivity index is 0.000000437. The van der Waals surface area contributed by atoms with E-state index in [0.717, 1.165) is 4.82 Å². The molecule has 1 fully saturated rings. The predicted octanol–water partition coefficient (Wildman–Crippen LogP) is 3.08. The third-order valence-corrected chi connectivity index (χ3v) is 5.79. The molecular formula is C12H17Cl2NPtSe. The van der Waals surface area contributed by atoms with E-state index in [4.69, 9.17) is 24.6 Å².